The minimum Gasteiger partial charge on any atom is -0.302 e. The summed E-state index contributed by atoms with van der Waals surface area (Å²) in [5.74, 6) is 0.543. The molecule has 0 aromatic heterocycles. The van der Waals surface area contributed by atoms with Crippen molar-refractivity contribution in [2.75, 3.05) is 20.1 Å². The first-order valence-electron chi connectivity index (χ1n) is 8.10. The van der Waals surface area contributed by atoms with Crippen LogP contribution in [0.15, 0.2) is 0 Å². The Bertz CT molecular complexity index is 322. The molecule has 108 valence electrons. The maximum atomic E-state index is 9.50. The molecule has 0 spiro atoms. The molecular weight excluding hydrogens is 234 g/mol. The maximum Gasteiger partial charge on any atom is 0.109 e. The Kier molecular flexibility index (Phi) is 5.24. The number of hydrogen-bond acceptors (Lipinski definition) is 3. The van der Waals surface area contributed by atoms with Crippen molar-refractivity contribution in [3.05, 3.63) is 0 Å². The molecule has 0 aromatic carbocycles. The van der Waals surface area contributed by atoms with Crippen LogP contribution in [0, 0.1) is 17.2 Å². The Hall–Kier alpha value is -0.590. The first kappa shape index (κ1) is 14.8. The molecule has 3 unspecified atom stereocenters. The zero-order valence-electron chi connectivity index (χ0n) is 12.6. The zero-order chi connectivity index (χ0) is 13.7. The van der Waals surface area contributed by atoms with Crippen LogP contribution in [0.5, 0.6) is 0 Å². The molecule has 0 amide bonds. The van der Waals surface area contributed by atoms with Gasteiger partial charge in [-0.05, 0) is 64.6 Å². The third-order valence-electron chi connectivity index (χ3n) is 5.45. The number of hydrogen-bond donors (Lipinski definition) is 1. The van der Waals surface area contributed by atoms with E-state index in [-0.39, 0.29) is 5.54 Å². The molecule has 1 N–H and O–H groups in total. The highest BCUT2D eigenvalue weighted by molar-refractivity contribution is 5.13. The summed E-state index contributed by atoms with van der Waals surface area (Å²) in [6.45, 7) is 4.77. The number of piperidine rings is 1. The molecule has 2 fully saturated rings. The molecule has 3 heteroatoms. The summed E-state index contributed by atoms with van der Waals surface area (Å²) < 4.78 is 0. The lowest BCUT2D eigenvalue weighted by molar-refractivity contribution is 0.129. The first-order chi connectivity index (χ1) is 9.25. The molecule has 0 radical (unpaired) electrons. The molecule has 1 aliphatic heterocycles. The summed E-state index contributed by atoms with van der Waals surface area (Å²) in [5, 5.41) is 12.8. The van der Waals surface area contributed by atoms with E-state index in [0.29, 0.717) is 5.92 Å². The number of nitrogens with zero attached hydrogens (tertiary/aromatic N) is 2. The van der Waals surface area contributed by atoms with E-state index in [1.54, 1.807) is 0 Å². The lowest BCUT2D eigenvalue weighted by atomic mass is 9.85. The normalized spacial score (nSPS) is 36.3. The Morgan fingerprint density at radius 3 is 2.84 bits per heavy atom. The predicted octanol–water partition coefficient (Wildman–Crippen LogP) is 2.92. The summed E-state index contributed by atoms with van der Waals surface area (Å²) in [5.41, 5.74) is -0.239. The van der Waals surface area contributed by atoms with Crippen LogP contribution >= 0.6 is 0 Å². The summed E-state index contributed by atoms with van der Waals surface area (Å²) in [6.07, 6.45) is 10.0. The fourth-order valence-corrected chi connectivity index (χ4v) is 4.14. The average Bonchev–Trinajstić information content (AvgIpc) is 2.88. The number of rotatable bonds is 5. The molecule has 19 heavy (non-hydrogen) atoms. The first-order valence-corrected chi connectivity index (χ1v) is 8.10. The van der Waals surface area contributed by atoms with Gasteiger partial charge >= 0.3 is 0 Å². The van der Waals surface area contributed by atoms with E-state index >= 15 is 0 Å². The van der Waals surface area contributed by atoms with Crippen molar-refractivity contribution in [2.24, 2.45) is 5.92 Å². The molecule has 1 saturated carbocycles. The maximum absolute atomic E-state index is 9.50. The van der Waals surface area contributed by atoms with Crippen molar-refractivity contribution in [3.63, 3.8) is 0 Å². The van der Waals surface area contributed by atoms with Gasteiger partial charge in [-0.25, -0.2) is 0 Å². The van der Waals surface area contributed by atoms with E-state index in [0.717, 1.165) is 12.5 Å². The predicted molar refractivity (Wildman–Crippen MR) is 78.9 cm³/mol. The molecule has 0 bridgehead atoms. The molecule has 3 atom stereocenters. The Morgan fingerprint density at radius 1 is 1.32 bits per heavy atom. The van der Waals surface area contributed by atoms with Crippen molar-refractivity contribution in [1.82, 2.24) is 10.2 Å². The van der Waals surface area contributed by atoms with Gasteiger partial charge in [0.1, 0.15) is 5.54 Å². The molecule has 0 aromatic rings. The summed E-state index contributed by atoms with van der Waals surface area (Å²) in [7, 11) is 1.96. The highest BCUT2D eigenvalue weighted by Crippen LogP contribution is 2.37. The van der Waals surface area contributed by atoms with Crippen LogP contribution in [0.4, 0.5) is 0 Å². The molecule has 2 rings (SSSR count). The van der Waals surface area contributed by atoms with Gasteiger partial charge < -0.3 is 10.2 Å². The van der Waals surface area contributed by atoms with E-state index < -0.39 is 0 Å². The summed E-state index contributed by atoms with van der Waals surface area (Å²) in [6, 6.07) is 3.35. The molecular formula is C16H29N3. The molecule has 1 heterocycles. The second-order valence-corrected chi connectivity index (χ2v) is 6.30. The van der Waals surface area contributed by atoms with Crippen LogP contribution in [0.1, 0.15) is 58.3 Å². The van der Waals surface area contributed by atoms with Crippen molar-refractivity contribution >= 4 is 0 Å². The average molecular weight is 263 g/mol. The van der Waals surface area contributed by atoms with E-state index in [9.17, 15) is 5.26 Å². The largest absolute Gasteiger partial charge is 0.302 e. The molecule has 1 saturated heterocycles. The third-order valence-corrected chi connectivity index (χ3v) is 5.45. The van der Waals surface area contributed by atoms with Crippen LogP contribution in [0.2, 0.25) is 0 Å². The lowest BCUT2D eigenvalue weighted by Gasteiger charge is -2.37. The van der Waals surface area contributed by atoms with E-state index in [1.807, 2.05) is 7.05 Å². The number of nitrogens with one attached hydrogen (secondary N) is 1. The van der Waals surface area contributed by atoms with Gasteiger partial charge in [-0.1, -0.05) is 19.8 Å². The van der Waals surface area contributed by atoms with Crippen LogP contribution < -0.4 is 5.32 Å². The van der Waals surface area contributed by atoms with Crippen LogP contribution in [0.25, 0.3) is 0 Å². The van der Waals surface area contributed by atoms with Crippen LogP contribution in [-0.4, -0.2) is 36.6 Å². The van der Waals surface area contributed by atoms with Crippen LogP contribution in [-0.2, 0) is 0 Å². The summed E-state index contributed by atoms with van der Waals surface area (Å²) >= 11 is 0. The fourth-order valence-electron chi connectivity index (χ4n) is 4.14. The third kappa shape index (κ3) is 3.12. The lowest BCUT2D eigenvalue weighted by Crippen LogP contribution is -2.47. The molecule has 1 aliphatic carbocycles. The second-order valence-electron chi connectivity index (χ2n) is 6.30. The van der Waals surface area contributed by atoms with Crippen molar-refractivity contribution < 1.29 is 0 Å². The van der Waals surface area contributed by atoms with Gasteiger partial charge in [0.05, 0.1) is 6.07 Å². The van der Waals surface area contributed by atoms with Crippen molar-refractivity contribution in [2.45, 2.75) is 69.9 Å². The zero-order valence-corrected chi connectivity index (χ0v) is 12.6. The summed E-state index contributed by atoms with van der Waals surface area (Å²) in [4.78, 5) is 2.68. The quantitative estimate of drug-likeness (QED) is 0.829. The van der Waals surface area contributed by atoms with Crippen LogP contribution in [0.3, 0.4) is 0 Å². The van der Waals surface area contributed by atoms with Gasteiger partial charge in [-0.3, -0.25) is 0 Å². The molecule has 2 aliphatic rings. The monoisotopic (exact) mass is 263 g/mol. The second kappa shape index (κ2) is 6.72. The van der Waals surface area contributed by atoms with Gasteiger partial charge in [0.15, 0.2) is 0 Å². The SMILES string of the molecule is CCC1CCCCN1CCC1CCCC1(C#N)NC. The smallest absolute Gasteiger partial charge is 0.109 e. The highest BCUT2D eigenvalue weighted by Gasteiger charge is 2.41. The van der Waals surface area contributed by atoms with Crippen molar-refractivity contribution in [3.8, 4) is 6.07 Å². The number of nitriles is 1. The highest BCUT2D eigenvalue weighted by atomic mass is 15.2. The van der Waals surface area contributed by atoms with E-state index in [1.165, 1.54) is 58.0 Å². The van der Waals surface area contributed by atoms with Gasteiger partial charge in [-0.15, -0.1) is 0 Å². The minimum atomic E-state index is -0.239. The Balaban J connectivity index is 1.89. The standard InChI is InChI=1S/C16H29N3/c1-3-15-8-4-5-11-19(15)12-9-14-7-6-10-16(14,13-17)18-2/h14-15,18H,3-12H2,1-2H3. The topological polar surface area (TPSA) is 39.1 Å². The van der Waals surface area contributed by atoms with Crippen molar-refractivity contribution in [1.29, 1.82) is 5.26 Å². The van der Waals surface area contributed by atoms with Gasteiger partial charge in [0.25, 0.3) is 0 Å². The van der Waals surface area contributed by atoms with Gasteiger partial charge in [0, 0.05) is 6.04 Å². The van der Waals surface area contributed by atoms with Gasteiger partial charge in [-0.2, -0.15) is 5.26 Å². The van der Waals surface area contributed by atoms with E-state index in [4.69, 9.17) is 0 Å². The van der Waals surface area contributed by atoms with E-state index in [2.05, 4.69) is 23.2 Å². The minimum absolute atomic E-state index is 0.239. The van der Waals surface area contributed by atoms with Gasteiger partial charge in [0.2, 0.25) is 0 Å². The molecule has 3 nitrogen and oxygen atoms in total. The Morgan fingerprint density at radius 2 is 2.16 bits per heavy atom. The fraction of sp³-hybridized carbons (Fsp3) is 0.938. The Labute approximate surface area is 118 Å². The number of likely N-dealkylation sites (tertiary alicyclic amines) is 1.